The van der Waals surface area contributed by atoms with Crippen molar-refractivity contribution in [1.29, 1.82) is 0 Å². The molecule has 0 aliphatic rings. The Morgan fingerprint density at radius 1 is 1.25 bits per heavy atom. The predicted molar refractivity (Wildman–Crippen MR) is 94.2 cm³/mol. The highest BCUT2D eigenvalue weighted by Gasteiger charge is 2.16. The number of aryl methyl sites for hydroxylation is 2. The molecule has 3 heterocycles. The Kier molecular flexibility index (Phi) is 4.79. The lowest BCUT2D eigenvalue weighted by Gasteiger charge is -2.07. The van der Waals surface area contributed by atoms with Gasteiger partial charge in [0.2, 0.25) is 10.0 Å². The molecule has 24 heavy (non-hydrogen) atoms. The molecule has 126 valence electrons. The van der Waals surface area contributed by atoms with Gasteiger partial charge in [-0.05, 0) is 36.2 Å². The smallest absolute Gasteiger partial charge is 0.250 e. The van der Waals surface area contributed by atoms with Crippen LogP contribution in [-0.2, 0) is 30.0 Å². The molecule has 0 amide bonds. The molecule has 1 N–H and O–H groups in total. The monoisotopic (exact) mass is 362 g/mol. The fourth-order valence-electron chi connectivity index (χ4n) is 2.32. The number of rotatable bonds is 6. The van der Waals surface area contributed by atoms with Crippen molar-refractivity contribution >= 4 is 21.4 Å². The molecule has 8 heteroatoms. The summed E-state index contributed by atoms with van der Waals surface area (Å²) in [5.74, 6) is 0. The minimum absolute atomic E-state index is 0.195. The van der Waals surface area contributed by atoms with Crippen LogP contribution in [0.15, 0.2) is 47.1 Å². The topological polar surface area (TPSA) is 76.9 Å². The van der Waals surface area contributed by atoms with E-state index in [4.69, 9.17) is 0 Å². The lowest BCUT2D eigenvalue weighted by molar-refractivity contribution is 0.583. The van der Waals surface area contributed by atoms with E-state index in [0.29, 0.717) is 4.21 Å². The van der Waals surface area contributed by atoms with Crippen LogP contribution in [0.3, 0.4) is 0 Å². The zero-order valence-electron chi connectivity index (χ0n) is 13.4. The van der Waals surface area contributed by atoms with Gasteiger partial charge in [-0.15, -0.1) is 11.3 Å². The zero-order valence-corrected chi connectivity index (χ0v) is 15.1. The summed E-state index contributed by atoms with van der Waals surface area (Å²) in [6.07, 6.45) is 5.94. The van der Waals surface area contributed by atoms with E-state index in [0.717, 1.165) is 28.1 Å². The van der Waals surface area contributed by atoms with E-state index in [1.807, 2.05) is 32.2 Å². The number of hydrogen-bond donors (Lipinski definition) is 1. The Bertz CT molecular complexity index is 944. The highest BCUT2D eigenvalue weighted by molar-refractivity contribution is 7.91. The summed E-state index contributed by atoms with van der Waals surface area (Å²) in [6, 6.07) is 7.31. The minimum Gasteiger partial charge on any atom is -0.268 e. The molecule has 0 bridgehead atoms. The maximum Gasteiger partial charge on any atom is 0.250 e. The van der Waals surface area contributed by atoms with Crippen LogP contribution in [0, 0.1) is 0 Å². The molecular weight excluding hydrogens is 344 g/mol. The van der Waals surface area contributed by atoms with Gasteiger partial charge >= 0.3 is 0 Å². The van der Waals surface area contributed by atoms with Crippen molar-refractivity contribution < 1.29 is 8.42 Å². The first-order valence-corrected chi connectivity index (χ1v) is 9.80. The quantitative estimate of drug-likeness (QED) is 0.731. The molecule has 0 aromatic carbocycles. The van der Waals surface area contributed by atoms with Gasteiger partial charge in [-0.1, -0.05) is 6.92 Å². The second-order valence-electron chi connectivity index (χ2n) is 5.32. The van der Waals surface area contributed by atoms with Gasteiger partial charge in [0.05, 0.1) is 5.69 Å². The lowest BCUT2D eigenvalue weighted by atomic mass is 10.1. The van der Waals surface area contributed by atoms with Gasteiger partial charge < -0.3 is 0 Å². The van der Waals surface area contributed by atoms with Crippen LogP contribution in [0.5, 0.6) is 0 Å². The summed E-state index contributed by atoms with van der Waals surface area (Å²) in [4.78, 5) is 5.25. The third-order valence-corrected chi connectivity index (χ3v) is 6.75. The molecule has 3 aromatic heterocycles. The summed E-state index contributed by atoms with van der Waals surface area (Å²) in [5.41, 5.74) is 2.62. The Hall–Kier alpha value is -2.03. The highest BCUT2D eigenvalue weighted by atomic mass is 32.2. The van der Waals surface area contributed by atoms with E-state index in [1.165, 1.54) is 11.3 Å². The van der Waals surface area contributed by atoms with Crippen molar-refractivity contribution in [3.63, 3.8) is 0 Å². The van der Waals surface area contributed by atoms with Crippen LogP contribution in [-0.4, -0.2) is 23.2 Å². The van der Waals surface area contributed by atoms with E-state index >= 15 is 0 Å². The molecule has 3 rings (SSSR count). The molecule has 0 atom stereocenters. The van der Waals surface area contributed by atoms with Crippen LogP contribution >= 0.6 is 11.3 Å². The number of thiophene rings is 1. The van der Waals surface area contributed by atoms with Crippen LogP contribution in [0.1, 0.15) is 17.4 Å². The molecular formula is C16H18N4O2S2. The van der Waals surface area contributed by atoms with Gasteiger partial charge in [0.25, 0.3) is 0 Å². The van der Waals surface area contributed by atoms with E-state index in [2.05, 4.69) is 14.8 Å². The van der Waals surface area contributed by atoms with Gasteiger partial charge in [-0.2, -0.15) is 5.10 Å². The second kappa shape index (κ2) is 6.84. The molecule has 0 spiro atoms. The molecule has 0 saturated heterocycles. The lowest BCUT2D eigenvalue weighted by Crippen LogP contribution is -2.22. The standard InChI is InChI=1S/C16H18N4O2S2/c1-3-14-4-5-16(23-14)24(21,22)19-10-12-8-13(11-17-9-12)15-6-7-18-20(15)2/h4-9,11,19H,3,10H2,1-2H3. The molecule has 0 saturated carbocycles. The van der Waals surface area contributed by atoms with Gasteiger partial charge in [0.1, 0.15) is 4.21 Å². The molecule has 3 aromatic rings. The number of aromatic nitrogens is 3. The molecule has 0 unspecified atom stereocenters. The first-order chi connectivity index (χ1) is 11.5. The number of pyridine rings is 1. The minimum atomic E-state index is -3.50. The van der Waals surface area contributed by atoms with Gasteiger partial charge in [-0.25, -0.2) is 13.1 Å². The van der Waals surface area contributed by atoms with E-state index < -0.39 is 10.0 Å². The summed E-state index contributed by atoms with van der Waals surface area (Å²) >= 11 is 1.30. The summed E-state index contributed by atoms with van der Waals surface area (Å²) < 4.78 is 29.5. The Balaban J connectivity index is 1.76. The number of sulfonamides is 1. The van der Waals surface area contributed by atoms with Crippen molar-refractivity contribution in [2.45, 2.75) is 24.1 Å². The third-order valence-electron chi connectivity index (χ3n) is 3.63. The van der Waals surface area contributed by atoms with Crippen LogP contribution in [0.25, 0.3) is 11.3 Å². The average molecular weight is 362 g/mol. The maximum absolute atomic E-state index is 12.4. The third kappa shape index (κ3) is 3.55. The number of nitrogens with zero attached hydrogens (tertiary/aromatic N) is 3. The fraction of sp³-hybridized carbons (Fsp3) is 0.250. The Morgan fingerprint density at radius 2 is 2.08 bits per heavy atom. The number of nitrogens with one attached hydrogen (secondary N) is 1. The summed E-state index contributed by atoms with van der Waals surface area (Å²) in [6.45, 7) is 2.20. The summed E-state index contributed by atoms with van der Waals surface area (Å²) in [7, 11) is -1.65. The SMILES string of the molecule is CCc1ccc(S(=O)(=O)NCc2cncc(-c3ccnn3C)c2)s1. The zero-order chi connectivity index (χ0) is 17.2. The van der Waals surface area contributed by atoms with Crippen LogP contribution in [0.2, 0.25) is 0 Å². The van der Waals surface area contributed by atoms with Gasteiger partial charge in [0.15, 0.2) is 0 Å². The predicted octanol–water partition coefficient (Wildman–Crippen LogP) is 2.58. The first kappa shape index (κ1) is 16.8. The normalized spacial score (nSPS) is 11.8. The van der Waals surface area contributed by atoms with Crippen molar-refractivity contribution in [2.24, 2.45) is 7.05 Å². The highest BCUT2D eigenvalue weighted by Crippen LogP contribution is 2.22. The van der Waals surface area contributed by atoms with Crippen molar-refractivity contribution in [1.82, 2.24) is 19.5 Å². The largest absolute Gasteiger partial charge is 0.268 e. The second-order valence-corrected chi connectivity index (χ2v) is 8.48. The Morgan fingerprint density at radius 3 is 2.75 bits per heavy atom. The Labute approximate surface area is 145 Å². The fourth-order valence-corrected chi connectivity index (χ4v) is 4.68. The molecule has 0 aliphatic heterocycles. The average Bonchev–Trinajstić information content (AvgIpc) is 3.22. The maximum atomic E-state index is 12.4. The molecule has 6 nitrogen and oxygen atoms in total. The van der Waals surface area contributed by atoms with E-state index in [-0.39, 0.29) is 6.54 Å². The van der Waals surface area contributed by atoms with Gasteiger partial charge in [0, 0.05) is 42.6 Å². The number of hydrogen-bond acceptors (Lipinski definition) is 5. The molecule has 0 aliphatic carbocycles. The van der Waals surface area contributed by atoms with Crippen LogP contribution in [0.4, 0.5) is 0 Å². The molecule has 0 radical (unpaired) electrons. The van der Waals surface area contributed by atoms with Crippen molar-refractivity contribution in [2.75, 3.05) is 0 Å². The van der Waals surface area contributed by atoms with Crippen molar-refractivity contribution in [3.8, 4) is 11.3 Å². The van der Waals surface area contributed by atoms with Crippen LogP contribution < -0.4 is 4.72 Å². The molecule has 0 fully saturated rings. The van der Waals surface area contributed by atoms with Crippen molar-refractivity contribution in [3.05, 3.63) is 53.3 Å². The van der Waals surface area contributed by atoms with E-state index in [9.17, 15) is 8.42 Å². The first-order valence-electron chi connectivity index (χ1n) is 7.50. The van der Waals surface area contributed by atoms with Gasteiger partial charge in [-0.3, -0.25) is 9.67 Å². The summed E-state index contributed by atoms with van der Waals surface area (Å²) in [5, 5.41) is 4.14. The van der Waals surface area contributed by atoms with E-state index in [1.54, 1.807) is 29.3 Å².